The van der Waals surface area contributed by atoms with Crippen molar-refractivity contribution >= 4 is 17.7 Å². The van der Waals surface area contributed by atoms with E-state index in [0.29, 0.717) is 5.82 Å². The molecule has 2 N–H and O–H groups in total. The number of carboxylic acid groups (broad SMARTS) is 1. The standard InChI is InChI=1S/C13H14N2O3/c16-12(10-4-8-3-9(8)5-10)15-11-2-1-7(6-14-11)13(17)18/h1-2,6,8-10H,3-5H2,(H,17,18)(H,14,15,16). The van der Waals surface area contributed by atoms with E-state index in [4.69, 9.17) is 5.11 Å². The number of aromatic nitrogens is 1. The van der Waals surface area contributed by atoms with Gasteiger partial charge in [-0.1, -0.05) is 0 Å². The smallest absolute Gasteiger partial charge is 0.337 e. The van der Waals surface area contributed by atoms with Crippen LogP contribution in [0.25, 0.3) is 0 Å². The maximum Gasteiger partial charge on any atom is 0.337 e. The van der Waals surface area contributed by atoms with Gasteiger partial charge in [-0.15, -0.1) is 0 Å². The van der Waals surface area contributed by atoms with E-state index in [2.05, 4.69) is 10.3 Å². The molecule has 1 aromatic heterocycles. The van der Waals surface area contributed by atoms with E-state index >= 15 is 0 Å². The summed E-state index contributed by atoms with van der Waals surface area (Å²) < 4.78 is 0. The monoisotopic (exact) mass is 246 g/mol. The Morgan fingerprint density at radius 2 is 1.94 bits per heavy atom. The molecule has 0 radical (unpaired) electrons. The van der Waals surface area contributed by atoms with Gasteiger partial charge < -0.3 is 10.4 Å². The van der Waals surface area contributed by atoms with Crippen LogP contribution < -0.4 is 5.32 Å². The second kappa shape index (κ2) is 4.08. The molecular formula is C13H14N2O3. The number of nitrogens with zero attached hydrogens (tertiary/aromatic N) is 1. The zero-order valence-corrected chi connectivity index (χ0v) is 9.80. The highest BCUT2D eigenvalue weighted by Crippen LogP contribution is 2.54. The van der Waals surface area contributed by atoms with Crippen molar-refractivity contribution in [2.24, 2.45) is 17.8 Å². The van der Waals surface area contributed by atoms with Gasteiger partial charge in [0.15, 0.2) is 0 Å². The molecule has 0 bridgehead atoms. The zero-order valence-electron chi connectivity index (χ0n) is 9.80. The van der Waals surface area contributed by atoms with Crippen LogP contribution >= 0.6 is 0 Å². The Balaban J connectivity index is 1.61. The molecule has 2 aliphatic carbocycles. The Hall–Kier alpha value is -1.91. The Kier molecular flexibility index (Phi) is 2.54. The van der Waals surface area contributed by atoms with E-state index in [-0.39, 0.29) is 17.4 Å². The molecule has 2 fully saturated rings. The van der Waals surface area contributed by atoms with Crippen LogP contribution in [0.2, 0.25) is 0 Å². The number of amides is 1. The quantitative estimate of drug-likeness (QED) is 0.851. The van der Waals surface area contributed by atoms with Crippen molar-refractivity contribution in [3.63, 3.8) is 0 Å². The van der Waals surface area contributed by atoms with Crippen LogP contribution in [0.15, 0.2) is 18.3 Å². The molecule has 3 rings (SSSR count). The number of carboxylic acids is 1. The van der Waals surface area contributed by atoms with Gasteiger partial charge in [0.2, 0.25) is 5.91 Å². The Morgan fingerprint density at radius 3 is 2.50 bits per heavy atom. The van der Waals surface area contributed by atoms with Crippen molar-refractivity contribution in [3.05, 3.63) is 23.9 Å². The van der Waals surface area contributed by atoms with Crippen molar-refractivity contribution in [2.75, 3.05) is 5.32 Å². The largest absolute Gasteiger partial charge is 0.478 e. The molecule has 0 saturated heterocycles. The van der Waals surface area contributed by atoms with E-state index in [1.165, 1.54) is 24.8 Å². The lowest BCUT2D eigenvalue weighted by molar-refractivity contribution is -0.120. The second-order valence-corrected chi connectivity index (χ2v) is 5.15. The van der Waals surface area contributed by atoms with Crippen LogP contribution in [0.5, 0.6) is 0 Å². The van der Waals surface area contributed by atoms with Crippen LogP contribution in [-0.2, 0) is 4.79 Å². The van der Waals surface area contributed by atoms with Gasteiger partial charge in [0.05, 0.1) is 5.56 Å². The summed E-state index contributed by atoms with van der Waals surface area (Å²) in [4.78, 5) is 26.5. The van der Waals surface area contributed by atoms with Crippen molar-refractivity contribution in [1.82, 2.24) is 4.98 Å². The fourth-order valence-corrected chi connectivity index (χ4v) is 2.75. The summed E-state index contributed by atoms with van der Waals surface area (Å²) in [7, 11) is 0. The highest BCUT2D eigenvalue weighted by molar-refractivity contribution is 5.92. The number of hydrogen-bond donors (Lipinski definition) is 2. The first-order valence-electron chi connectivity index (χ1n) is 6.13. The van der Waals surface area contributed by atoms with Crippen LogP contribution in [0.1, 0.15) is 29.6 Å². The molecule has 5 heteroatoms. The molecule has 0 aromatic carbocycles. The summed E-state index contributed by atoms with van der Waals surface area (Å²) >= 11 is 0. The average molecular weight is 246 g/mol. The van der Waals surface area contributed by atoms with Gasteiger partial charge in [-0.05, 0) is 43.2 Å². The first kappa shape index (κ1) is 11.2. The molecule has 2 aliphatic rings. The Morgan fingerprint density at radius 1 is 1.22 bits per heavy atom. The number of pyridine rings is 1. The van der Waals surface area contributed by atoms with E-state index in [0.717, 1.165) is 24.7 Å². The minimum Gasteiger partial charge on any atom is -0.478 e. The summed E-state index contributed by atoms with van der Waals surface area (Å²) in [6.07, 6.45) is 4.52. The summed E-state index contributed by atoms with van der Waals surface area (Å²) in [6.45, 7) is 0. The molecule has 0 aliphatic heterocycles. The van der Waals surface area contributed by atoms with Gasteiger partial charge in [-0.3, -0.25) is 4.79 Å². The number of carbonyl (C=O) groups is 2. The third-order valence-corrected chi connectivity index (χ3v) is 3.88. The summed E-state index contributed by atoms with van der Waals surface area (Å²) in [5.41, 5.74) is 0.120. The Bertz CT molecular complexity index is 487. The number of hydrogen-bond acceptors (Lipinski definition) is 3. The van der Waals surface area contributed by atoms with Crippen LogP contribution in [0.4, 0.5) is 5.82 Å². The maximum atomic E-state index is 11.9. The predicted octanol–water partition coefficient (Wildman–Crippen LogP) is 1.76. The number of nitrogens with one attached hydrogen (secondary N) is 1. The van der Waals surface area contributed by atoms with Gasteiger partial charge in [-0.2, -0.15) is 0 Å². The first-order valence-corrected chi connectivity index (χ1v) is 6.13. The number of carbonyl (C=O) groups excluding carboxylic acids is 1. The molecular weight excluding hydrogens is 232 g/mol. The van der Waals surface area contributed by atoms with E-state index in [1.807, 2.05) is 0 Å². The topological polar surface area (TPSA) is 79.3 Å². The molecule has 2 unspecified atom stereocenters. The molecule has 1 aromatic rings. The van der Waals surface area contributed by atoms with Gasteiger partial charge in [0.25, 0.3) is 0 Å². The van der Waals surface area contributed by atoms with Crippen molar-refractivity contribution in [1.29, 1.82) is 0 Å². The van der Waals surface area contributed by atoms with E-state index < -0.39 is 5.97 Å². The second-order valence-electron chi connectivity index (χ2n) is 5.15. The van der Waals surface area contributed by atoms with Crippen LogP contribution in [-0.4, -0.2) is 22.0 Å². The zero-order chi connectivity index (χ0) is 12.7. The van der Waals surface area contributed by atoms with Gasteiger partial charge in [-0.25, -0.2) is 9.78 Å². The lowest BCUT2D eigenvalue weighted by Gasteiger charge is -2.11. The molecule has 94 valence electrons. The SMILES string of the molecule is O=C(O)c1ccc(NC(=O)C2CC3CC3C2)nc1. The summed E-state index contributed by atoms with van der Waals surface area (Å²) in [5.74, 6) is 1.06. The fourth-order valence-electron chi connectivity index (χ4n) is 2.75. The number of aromatic carboxylic acids is 1. The predicted molar refractivity (Wildman–Crippen MR) is 64.1 cm³/mol. The number of anilines is 1. The lowest BCUT2D eigenvalue weighted by atomic mass is 10.0. The fraction of sp³-hybridized carbons (Fsp3) is 0.462. The molecule has 1 heterocycles. The molecule has 0 spiro atoms. The number of rotatable bonds is 3. The highest BCUT2D eigenvalue weighted by atomic mass is 16.4. The maximum absolute atomic E-state index is 11.9. The first-order chi connectivity index (χ1) is 8.63. The average Bonchev–Trinajstić information content (AvgIpc) is 2.96. The van der Waals surface area contributed by atoms with Crippen molar-refractivity contribution in [3.8, 4) is 0 Å². The summed E-state index contributed by atoms with van der Waals surface area (Å²) in [6, 6.07) is 2.97. The van der Waals surface area contributed by atoms with Crippen LogP contribution in [0.3, 0.4) is 0 Å². The normalized spacial score (nSPS) is 28.6. The minimum atomic E-state index is -1.02. The molecule has 2 atom stereocenters. The van der Waals surface area contributed by atoms with Crippen LogP contribution in [0, 0.1) is 17.8 Å². The molecule has 2 saturated carbocycles. The van der Waals surface area contributed by atoms with Gasteiger partial charge in [0.1, 0.15) is 5.82 Å². The summed E-state index contributed by atoms with van der Waals surface area (Å²) in [5, 5.41) is 11.5. The molecule has 18 heavy (non-hydrogen) atoms. The number of fused-ring (bicyclic) bond motifs is 1. The highest BCUT2D eigenvalue weighted by Gasteiger charge is 2.47. The van der Waals surface area contributed by atoms with E-state index in [1.54, 1.807) is 0 Å². The van der Waals surface area contributed by atoms with Gasteiger partial charge >= 0.3 is 5.97 Å². The van der Waals surface area contributed by atoms with Crippen molar-refractivity contribution < 1.29 is 14.7 Å². The van der Waals surface area contributed by atoms with E-state index in [9.17, 15) is 9.59 Å². The van der Waals surface area contributed by atoms with Gasteiger partial charge in [0, 0.05) is 12.1 Å². The minimum absolute atomic E-state index is 0.0118. The molecule has 5 nitrogen and oxygen atoms in total. The molecule has 1 amide bonds. The van der Waals surface area contributed by atoms with Crippen molar-refractivity contribution in [2.45, 2.75) is 19.3 Å². The third-order valence-electron chi connectivity index (χ3n) is 3.88. The Labute approximate surface area is 104 Å². The third kappa shape index (κ3) is 2.08. The lowest BCUT2D eigenvalue weighted by Crippen LogP contribution is -2.22.